The second-order valence-electron chi connectivity index (χ2n) is 5.78. The van der Waals surface area contributed by atoms with E-state index in [-0.39, 0.29) is 5.82 Å². The molecule has 0 bridgehead atoms. The van der Waals surface area contributed by atoms with Crippen LogP contribution < -0.4 is 5.73 Å². The number of nitrogen functional groups attached to an aromatic ring is 1. The molecule has 3 N–H and O–H groups in total. The number of hydrogen-bond acceptors (Lipinski definition) is 2. The van der Waals surface area contributed by atoms with Gasteiger partial charge >= 0.3 is 0 Å². The Morgan fingerprint density at radius 1 is 1.24 bits per heavy atom. The van der Waals surface area contributed by atoms with Crippen LogP contribution in [0.25, 0.3) is 11.1 Å². The third-order valence-corrected chi connectivity index (χ3v) is 4.35. The Balaban J connectivity index is 1.85. The predicted molar refractivity (Wildman–Crippen MR) is 78.6 cm³/mol. The van der Waals surface area contributed by atoms with Gasteiger partial charge in [0.05, 0.1) is 0 Å². The first-order chi connectivity index (χ1) is 10.1. The number of aromatic amines is 1. The highest BCUT2D eigenvalue weighted by atomic mass is 19.1. The molecular formula is C16H19F2N3. The molecule has 1 aromatic carbocycles. The van der Waals surface area contributed by atoms with Crippen molar-refractivity contribution in [1.82, 2.24) is 10.2 Å². The fourth-order valence-electron chi connectivity index (χ4n) is 3.22. The van der Waals surface area contributed by atoms with Gasteiger partial charge in [0.2, 0.25) is 0 Å². The van der Waals surface area contributed by atoms with E-state index in [0.717, 1.165) is 30.5 Å². The summed E-state index contributed by atoms with van der Waals surface area (Å²) in [6.45, 7) is 0. The maximum Gasteiger partial charge on any atom is 0.153 e. The van der Waals surface area contributed by atoms with E-state index in [1.54, 1.807) is 0 Å². The summed E-state index contributed by atoms with van der Waals surface area (Å²) in [6.07, 6.45) is 6.98. The Kier molecular flexibility index (Phi) is 3.90. The van der Waals surface area contributed by atoms with E-state index in [9.17, 15) is 8.78 Å². The molecule has 112 valence electrons. The minimum absolute atomic E-state index is 0.266. The SMILES string of the molecule is Nc1n[nH]c(CCC2CCCC2)c1-c1ccc(F)cc1F. The minimum Gasteiger partial charge on any atom is -0.382 e. The van der Waals surface area contributed by atoms with Crippen LogP contribution >= 0.6 is 0 Å². The van der Waals surface area contributed by atoms with Crippen molar-refractivity contribution < 1.29 is 8.78 Å². The molecule has 1 heterocycles. The maximum atomic E-state index is 14.0. The van der Waals surface area contributed by atoms with Crippen molar-refractivity contribution in [2.45, 2.75) is 38.5 Å². The summed E-state index contributed by atoms with van der Waals surface area (Å²) in [5, 5.41) is 6.90. The van der Waals surface area contributed by atoms with E-state index in [1.165, 1.54) is 37.8 Å². The summed E-state index contributed by atoms with van der Waals surface area (Å²) < 4.78 is 27.0. The maximum absolute atomic E-state index is 14.0. The number of hydrogen-bond donors (Lipinski definition) is 2. The van der Waals surface area contributed by atoms with E-state index >= 15 is 0 Å². The van der Waals surface area contributed by atoms with Crippen molar-refractivity contribution in [2.24, 2.45) is 5.92 Å². The van der Waals surface area contributed by atoms with Crippen molar-refractivity contribution in [3.05, 3.63) is 35.5 Å². The lowest BCUT2D eigenvalue weighted by molar-refractivity contribution is 0.500. The zero-order chi connectivity index (χ0) is 14.8. The Bertz CT molecular complexity index is 630. The average Bonchev–Trinajstić information content (AvgIpc) is 3.07. The van der Waals surface area contributed by atoms with Gasteiger partial charge in [-0.15, -0.1) is 0 Å². The first-order valence-electron chi connectivity index (χ1n) is 7.43. The van der Waals surface area contributed by atoms with Gasteiger partial charge in [-0.2, -0.15) is 5.10 Å². The molecule has 1 fully saturated rings. The summed E-state index contributed by atoms with van der Waals surface area (Å²) >= 11 is 0. The third-order valence-electron chi connectivity index (χ3n) is 4.35. The van der Waals surface area contributed by atoms with E-state index in [2.05, 4.69) is 10.2 Å². The molecule has 0 radical (unpaired) electrons. The van der Waals surface area contributed by atoms with Crippen LogP contribution in [0, 0.1) is 17.6 Å². The van der Waals surface area contributed by atoms with Crippen molar-refractivity contribution >= 4 is 5.82 Å². The quantitative estimate of drug-likeness (QED) is 0.892. The molecule has 1 aliphatic carbocycles. The summed E-state index contributed by atoms with van der Waals surface area (Å²) in [5.41, 5.74) is 7.58. The zero-order valence-electron chi connectivity index (χ0n) is 11.8. The number of nitrogens with two attached hydrogens (primary N) is 1. The first kappa shape index (κ1) is 14.0. The molecular weight excluding hydrogens is 272 g/mol. The molecule has 1 aromatic heterocycles. The van der Waals surface area contributed by atoms with Crippen molar-refractivity contribution in [3.63, 3.8) is 0 Å². The van der Waals surface area contributed by atoms with E-state index in [1.807, 2.05) is 0 Å². The first-order valence-corrected chi connectivity index (χ1v) is 7.43. The van der Waals surface area contributed by atoms with Crippen LogP contribution in [0.15, 0.2) is 18.2 Å². The van der Waals surface area contributed by atoms with E-state index in [0.29, 0.717) is 11.1 Å². The number of rotatable bonds is 4. The van der Waals surface area contributed by atoms with E-state index in [4.69, 9.17) is 5.73 Å². The zero-order valence-corrected chi connectivity index (χ0v) is 11.8. The predicted octanol–water partition coefficient (Wildman–Crippen LogP) is 4.06. The average molecular weight is 291 g/mol. The molecule has 0 amide bonds. The van der Waals surface area contributed by atoms with Crippen molar-refractivity contribution in [2.75, 3.05) is 5.73 Å². The Morgan fingerprint density at radius 2 is 2.00 bits per heavy atom. The Hall–Kier alpha value is -1.91. The van der Waals surface area contributed by atoms with Crippen LogP contribution in [0.1, 0.15) is 37.8 Å². The van der Waals surface area contributed by atoms with Gasteiger partial charge in [-0.3, -0.25) is 5.10 Å². The van der Waals surface area contributed by atoms with Crippen LogP contribution in [0.5, 0.6) is 0 Å². The number of H-pyrrole nitrogens is 1. The highest BCUT2D eigenvalue weighted by Gasteiger charge is 2.20. The molecule has 0 saturated heterocycles. The monoisotopic (exact) mass is 291 g/mol. The summed E-state index contributed by atoms with van der Waals surface area (Å²) in [5.74, 6) is -0.196. The molecule has 3 rings (SSSR count). The molecule has 5 heteroatoms. The van der Waals surface area contributed by atoms with Crippen molar-refractivity contribution in [1.29, 1.82) is 0 Å². The summed E-state index contributed by atoms with van der Waals surface area (Å²) in [4.78, 5) is 0. The summed E-state index contributed by atoms with van der Waals surface area (Å²) in [7, 11) is 0. The number of nitrogens with zero attached hydrogens (tertiary/aromatic N) is 1. The van der Waals surface area contributed by atoms with Crippen LogP contribution in [-0.2, 0) is 6.42 Å². The molecule has 0 unspecified atom stereocenters. The van der Waals surface area contributed by atoms with Crippen LogP contribution in [0.2, 0.25) is 0 Å². The van der Waals surface area contributed by atoms with E-state index < -0.39 is 11.6 Å². The number of aryl methyl sites for hydroxylation is 1. The van der Waals surface area contributed by atoms with Gasteiger partial charge in [0.1, 0.15) is 11.6 Å². The molecule has 1 saturated carbocycles. The molecule has 3 nitrogen and oxygen atoms in total. The van der Waals surface area contributed by atoms with Gasteiger partial charge in [-0.25, -0.2) is 8.78 Å². The number of anilines is 1. The standard InChI is InChI=1S/C16H19F2N3/c17-11-6-7-12(13(18)9-11)15-14(20-21-16(15)19)8-5-10-3-1-2-4-10/h6-7,9-10H,1-5,8H2,(H3,19,20,21). The Morgan fingerprint density at radius 3 is 2.71 bits per heavy atom. The lowest BCUT2D eigenvalue weighted by atomic mass is 9.97. The molecule has 0 aliphatic heterocycles. The molecule has 1 aliphatic rings. The van der Waals surface area contributed by atoms with Crippen LogP contribution in [-0.4, -0.2) is 10.2 Å². The second-order valence-corrected chi connectivity index (χ2v) is 5.78. The molecule has 21 heavy (non-hydrogen) atoms. The highest BCUT2D eigenvalue weighted by molar-refractivity contribution is 5.76. The van der Waals surface area contributed by atoms with Gasteiger partial charge in [0.25, 0.3) is 0 Å². The van der Waals surface area contributed by atoms with Crippen molar-refractivity contribution in [3.8, 4) is 11.1 Å². The fraction of sp³-hybridized carbons (Fsp3) is 0.438. The number of nitrogens with one attached hydrogen (secondary N) is 1. The number of benzene rings is 1. The van der Waals surface area contributed by atoms with Gasteiger partial charge in [-0.1, -0.05) is 25.7 Å². The highest BCUT2D eigenvalue weighted by Crippen LogP contribution is 2.34. The van der Waals surface area contributed by atoms with Crippen LogP contribution in [0.4, 0.5) is 14.6 Å². The second kappa shape index (κ2) is 5.84. The summed E-state index contributed by atoms with van der Waals surface area (Å²) in [6, 6.07) is 3.54. The molecule has 0 spiro atoms. The number of aromatic nitrogens is 2. The Labute approximate surface area is 122 Å². The van der Waals surface area contributed by atoms with Gasteiger partial charge in [0.15, 0.2) is 5.82 Å². The largest absolute Gasteiger partial charge is 0.382 e. The molecule has 2 aromatic rings. The number of halogens is 2. The van der Waals surface area contributed by atoms with Gasteiger partial charge in [-0.05, 0) is 30.9 Å². The fourth-order valence-corrected chi connectivity index (χ4v) is 3.22. The lowest BCUT2D eigenvalue weighted by Gasteiger charge is -2.09. The van der Waals surface area contributed by atoms with Gasteiger partial charge < -0.3 is 5.73 Å². The third kappa shape index (κ3) is 2.91. The lowest BCUT2D eigenvalue weighted by Crippen LogP contribution is -1.99. The topological polar surface area (TPSA) is 54.7 Å². The van der Waals surface area contributed by atoms with Gasteiger partial charge in [0, 0.05) is 22.9 Å². The smallest absolute Gasteiger partial charge is 0.153 e. The normalized spacial score (nSPS) is 15.7. The molecule has 0 atom stereocenters. The minimum atomic E-state index is -0.606. The van der Waals surface area contributed by atoms with Crippen LogP contribution in [0.3, 0.4) is 0 Å².